The summed E-state index contributed by atoms with van der Waals surface area (Å²) in [5.74, 6) is 0.0359. The Bertz CT molecular complexity index is 327. The maximum absolute atomic E-state index is 12.0. The molecule has 2 aliphatic rings. The highest BCUT2D eigenvalue weighted by Crippen LogP contribution is 2.49. The second-order valence-corrected chi connectivity index (χ2v) is 5.80. The number of carbonyl (C=O) groups is 1. The monoisotopic (exact) mass is 290 g/mol. The molecule has 2 unspecified atom stereocenters. The summed E-state index contributed by atoms with van der Waals surface area (Å²) in [5.41, 5.74) is 5.48. The molecule has 0 aromatic heterocycles. The van der Waals surface area contributed by atoms with Crippen molar-refractivity contribution in [3.63, 3.8) is 0 Å². The quantitative estimate of drug-likeness (QED) is 0.786. The molecule has 5 heteroatoms. The lowest BCUT2D eigenvalue weighted by atomic mass is 9.58. The molecule has 1 amide bonds. The summed E-state index contributed by atoms with van der Waals surface area (Å²) >= 11 is 0. The van der Waals surface area contributed by atoms with Crippen molar-refractivity contribution in [1.82, 2.24) is 5.32 Å². The lowest BCUT2D eigenvalue weighted by molar-refractivity contribution is -0.149. The molecule has 2 atom stereocenters. The molecule has 19 heavy (non-hydrogen) atoms. The van der Waals surface area contributed by atoms with Gasteiger partial charge in [0.05, 0.1) is 11.6 Å². The Morgan fingerprint density at radius 3 is 2.32 bits per heavy atom. The van der Waals surface area contributed by atoms with E-state index in [1.807, 2.05) is 6.92 Å². The zero-order valence-electron chi connectivity index (χ0n) is 12.2. The van der Waals surface area contributed by atoms with Crippen molar-refractivity contribution >= 4 is 18.3 Å². The largest absolute Gasteiger partial charge is 0.378 e. The van der Waals surface area contributed by atoms with E-state index in [-0.39, 0.29) is 35.9 Å². The van der Waals surface area contributed by atoms with Gasteiger partial charge in [-0.2, -0.15) is 0 Å². The molecule has 2 fully saturated rings. The van der Waals surface area contributed by atoms with Crippen LogP contribution in [0.1, 0.15) is 52.9 Å². The third-order valence-corrected chi connectivity index (χ3v) is 5.02. The number of amides is 1. The Labute approximate surface area is 122 Å². The van der Waals surface area contributed by atoms with Gasteiger partial charge in [0.1, 0.15) is 0 Å². The molecular formula is C14H27ClN2O2. The Kier molecular flexibility index (Phi) is 5.27. The van der Waals surface area contributed by atoms with Gasteiger partial charge in [0, 0.05) is 18.1 Å². The van der Waals surface area contributed by atoms with Gasteiger partial charge in [0.2, 0.25) is 5.91 Å². The first kappa shape index (κ1) is 16.7. The van der Waals surface area contributed by atoms with Crippen molar-refractivity contribution < 1.29 is 9.53 Å². The van der Waals surface area contributed by atoms with Crippen molar-refractivity contribution in [2.75, 3.05) is 6.61 Å². The van der Waals surface area contributed by atoms with E-state index < -0.39 is 5.54 Å². The molecule has 0 radical (unpaired) electrons. The second-order valence-electron chi connectivity index (χ2n) is 5.80. The van der Waals surface area contributed by atoms with Gasteiger partial charge in [-0.3, -0.25) is 4.79 Å². The highest BCUT2D eigenvalue weighted by Gasteiger charge is 2.56. The van der Waals surface area contributed by atoms with Crippen LogP contribution in [-0.4, -0.2) is 30.2 Å². The third-order valence-electron chi connectivity index (χ3n) is 5.02. The van der Waals surface area contributed by atoms with Gasteiger partial charge < -0.3 is 15.8 Å². The van der Waals surface area contributed by atoms with Crippen molar-refractivity contribution in [2.45, 2.75) is 70.6 Å². The Hall–Kier alpha value is -0.320. The Balaban J connectivity index is 0.00000180. The minimum Gasteiger partial charge on any atom is -0.378 e. The fraction of sp³-hybridized carbons (Fsp3) is 0.929. The molecule has 0 aromatic carbocycles. The van der Waals surface area contributed by atoms with Crippen molar-refractivity contribution in [2.24, 2.45) is 11.1 Å². The highest BCUT2D eigenvalue weighted by atomic mass is 35.5. The van der Waals surface area contributed by atoms with Crippen molar-refractivity contribution in [3.8, 4) is 0 Å². The van der Waals surface area contributed by atoms with Crippen LogP contribution in [0.25, 0.3) is 0 Å². The predicted octanol–water partition coefficient (Wildman–Crippen LogP) is 2.00. The number of hydrogen-bond acceptors (Lipinski definition) is 3. The zero-order valence-corrected chi connectivity index (χ0v) is 13.0. The standard InChI is InChI=1S/C14H26N2O2.ClH/c1-4-13(5-2)10(9-11(13)18-6-3)16-12(17)14(15)7-8-14;/h10-11H,4-9,15H2,1-3H3,(H,16,17);1H. The lowest BCUT2D eigenvalue weighted by Gasteiger charge is -2.55. The number of rotatable bonds is 6. The summed E-state index contributed by atoms with van der Waals surface area (Å²) in [4.78, 5) is 12.0. The number of carbonyl (C=O) groups excluding carboxylic acids is 1. The van der Waals surface area contributed by atoms with Crippen LogP contribution in [0, 0.1) is 5.41 Å². The van der Waals surface area contributed by atoms with Crippen molar-refractivity contribution in [1.29, 1.82) is 0 Å². The number of nitrogens with one attached hydrogen (secondary N) is 1. The van der Waals surface area contributed by atoms with Crippen LogP contribution in [0.4, 0.5) is 0 Å². The molecule has 112 valence electrons. The van der Waals surface area contributed by atoms with Gasteiger partial charge in [-0.1, -0.05) is 13.8 Å². The van der Waals surface area contributed by atoms with Crippen LogP contribution in [-0.2, 0) is 9.53 Å². The molecule has 0 bridgehead atoms. The molecule has 0 aromatic rings. The topological polar surface area (TPSA) is 64.3 Å². The number of nitrogens with two attached hydrogens (primary N) is 1. The second kappa shape index (κ2) is 5.98. The number of hydrogen-bond donors (Lipinski definition) is 2. The third kappa shape index (κ3) is 2.76. The zero-order chi connectivity index (χ0) is 13.4. The summed E-state index contributed by atoms with van der Waals surface area (Å²) in [6, 6.07) is 0.234. The minimum atomic E-state index is -0.566. The van der Waals surface area contributed by atoms with Gasteiger partial charge in [0.25, 0.3) is 0 Å². The van der Waals surface area contributed by atoms with Crippen LogP contribution in [0.2, 0.25) is 0 Å². The van der Waals surface area contributed by atoms with Gasteiger partial charge in [0.15, 0.2) is 0 Å². The first-order valence-electron chi connectivity index (χ1n) is 7.24. The van der Waals surface area contributed by atoms with E-state index in [0.29, 0.717) is 0 Å². The summed E-state index contributed by atoms with van der Waals surface area (Å²) in [6.07, 6.45) is 4.94. The fourth-order valence-corrected chi connectivity index (χ4v) is 3.25. The van der Waals surface area contributed by atoms with E-state index >= 15 is 0 Å². The van der Waals surface area contributed by atoms with E-state index in [1.165, 1.54) is 0 Å². The van der Waals surface area contributed by atoms with Crippen LogP contribution < -0.4 is 11.1 Å². The summed E-state index contributed by atoms with van der Waals surface area (Å²) in [6.45, 7) is 7.14. The van der Waals surface area contributed by atoms with Gasteiger partial charge in [-0.15, -0.1) is 12.4 Å². The van der Waals surface area contributed by atoms with Crippen LogP contribution in [0.3, 0.4) is 0 Å². The molecule has 2 saturated carbocycles. The molecule has 4 nitrogen and oxygen atoms in total. The molecule has 3 N–H and O–H groups in total. The smallest absolute Gasteiger partial charge is 0.240 e. The molecule has 2 aliphatic carbocycles. The Morgan fingerprint density at radius 2 is 1.89 bits per heavy atom. The lowest BCUT2D eigenvalue weighted by Crippen LogP contribution is -2.66. The average Bonchev–Trinajstić information content (AvgIpc) is 3.09. The normalized spacial score (nSPS) is 29.9. The summed E-state index contributed by atoms with van der Waals surface area (Å²) in [5, 5.41) is 3.16. The molecule has 0 saturated heterocycles. The first-order valence-corrected chi connectivity index (χ1v) is 7.24. The van der Waals surface area contributed by atoms with Gasteiger partial charge in [-0.05, 0) is 39.0 Å². The maximum Gasteiger partial charge on any atom is 0.240 e. The van der Waals surface area contributed by atoms with Gasteiger partial charge >= 0.3 is 0 Å². The molecule has 2 rings (SSSR count). The first-order chi connectivity index (χ1) is 8.52. The van der Waals surface area contributed by atoms with E-state index in [1.54, 1.807) is 0 Å². The molecular weight excluding hydrogens is 264 g/mol. The van der Waals surface area contributed by atoms with Crippen LogP contribution >= 0.6 is 12.4 Å². The number of halogens is 1. The predicted molar refractivity (Wildman–Crippen MR) is 78.4 cm³/mol. The fourth-order valence-electron chi connectivity index (χ4n) is 3.25. The SMILES string of the molecule is CCOC1CC(NC(=O)C2(N)CC2)C1(CC)CC.Cl. The summed E-state index contributed by atoms with van der Waals surface area (Å²) < 4.78 is 5.81. The van der Waals surface area contributed by atoms with Crippen molar-refractivity contribution in [3.05, 3.63) is 0 Å². The van der Waals surface area contributed by atoms with Gasteiger partial charge in [-0.25, -0.2) is 0 Å². The molecule has 0 spiro atoms. The summed E-state index contributed by atoms with van der Waals surface area (Å²) in [7, 11) is 0. The molecule has 0 aliphatic heterocycles. The van der Waals surface area contributed by atoms with Crippen LogP contribution in [0.15, 0.2) is 0 Å². The Morgan fingerprint density at radius 1 is 1.32 bits per heavy atom. The highest BCUT2D eigenvalue weighted by molar-refractivity contribution is 5.89. The van der Waals surface area contributed by atoms with E-state index in [4.69, 9.17) is 10.5 Å². The maximum atomic E-state index is 12.0. The van der Waals surface area contributed by atoms with E-state index in [2.05, 4.69) is 19.2 Å². The molecule has 0 heterocycles. The number of ether oxygens (including phenoxy) is 1. The minimum absolute atomic E-state index is 0. The van der Waals surface area contributed by atoms with E-state index in [9.17, 15) is 4.79 Å². The van der Waals surface area contributed by atoms with E-state index in [0.717, 1.165) is 38.7 Å². The average molecular weight is 291 g/mol. The van der Waals surface area contributed by atoms with Crippen LogP contribution in [0.5, 0.6) is 0 Å².